The summed E-state index contributed by atoms with van der Waals surface area (Å²) in [5.41, 5.74) is 4.76. The molecule has 0 radical (unpaired) electrons. The van der Waals surface area contributed by atoms with Gasteiger partial charge in [-0.2, -0.15) is 0 Å². The van der Waals surface area contributed by atoms with Crippen molar-refractivity contribution in [2.75, 3.05) is 18.4 Å². The third-order valence-electron chi connectivity index (χ3n) is 6.22. The Kier molecular flexibility index (Phi) is 7.67. The van der Waals surface area contributed by atoms with Crippen LogP contribution in [0.5, 0.6) is 0 Å². The third kappa shape index (κ3) is 6.90. The van der Waals surface area contributed by atoms with Crippen molar-refractivity contribution in [3.63, 3.8) is 0 Å². The van der Waals surface area contributed by atoms with Crippen LogP contribution in [-0.2, 0) is 16.0 Å². The molecule has 1 aromatic carbocycles. The number of aromatic nitrogens is 2. The van der Waals surface area contributed by atoms with Crippen molar-refractivity contribution in [1.82, 2.24) is 14.9 Å². The number of pyridine rings is 2. The SMILES string of the molecule is Cc1cc(-c2ccc(CC(=O)Nc3ccc(C4CCN(C(=O)OC(C)(C)C)CC4)cn3)cc2)ccn1. The summed E-state index contributed by atoms with van der Waals surface area (Å²) in [7, 11) is 0. The summed E-state index contributed by atoms with van der Waals surface area (Å²) < 4.78 is 5.48. The molecule has 7 heteroatoms. The van der Waals surface area contributed by atoms with E-state index in [1.807, 2.05) is 82.4 Å². The van der Waals surface area contributed by atoms with E-state index in [0.717, 1.165) is 40.8 Å². The Hall–Kier alpha value is -3.74. The first-order valence-corrected chi connectivity index (χ1v) is 12.4. The van der Waals surface area contributed by atoms with E-state index < -0.39 is 5.60 Å². The highest BCUT2D eigenvalue weighted by Gasteiger charge is 2.27. The molecule has 1 aliphatic heterocycles. The maximum Gasteiger partial charge on any atom is 0.410 e. The van der Waals surface area contributed by atoms with E-state index >= 15 is 0 Å². The van der Waals surface area contributed by atoms with E-state index in [1.165, 1.54) is 0 Å². The van der Waals surface area contributed by atoms with Crippen molar-refractivity contribution in [2.45, 2.75) is 58.5 Å². The second-order valence-corrected chi connectivity index (χ2v) is 10.3. The first-order valence-electron chi connectivity index (χ1n) is 12.4. The van der Waals surface area contributed by atoms with Crippen molar-refractivity contribution in [1.29, 1.82) is 0 Å². The Labute approximate surface area is 212 Å². The smallest absolute Gasteiger partial charge is 0.410 e. The summed E-state index contributed by atoms with van der Waals surface area (Å²) in [4.78, 5) is 35.3. The van der Waals surface area contributed by atoms with Crippen LogP contribution in [-0.4, -0.2) is 45.6 Å². The van der Waals surface area contributed by atoms with Crippen molar-refractivity contribution in [3.8, 4) is 11.1 Å². The Bertz CT molecular complexity index is 1190. The number of nitrogens with one attached hydrogen (secondary N) is 1. The van der Waals surface area contributed by atoms with Gasteiger partial charge in [-0.3, -0.25) is 9.78 Å². The zero-order valence-corrected chi connectivity index (χ0v) is 21.5. The van der Waals surface area contributed by atoms with Crippen LogP contribution in [0.25, 0.3) is 11.1 Å². The lowest BCUT2D eigenvalue weighted by molar-refractivity contribution is -0.115. The van der Waals surface area contributed by atoms with Gasteiger partial charge in [0.25, 0.3) is 0 Å². The van der Waals surface area contributed by atoms with Crippen molar-refractivity contribution < 1.29 is 14.3 Å². The van der Waals surface area contributed by atoms with E-state index in [9.17, 15) is 9.59 Å². The molecular formula is C29H34N4O3. The van der Waals surface area contributed by atoms with Gasteiger partial charge >= 0.3 is 6.09 Å². The van der Waals surface area contributed by atoms with Gasteiger partial charge in [-0.25, -0.2) is 9.78 Å². The molecule has 188 valence electrons. The molecule has 1 aliphatic rings. The van der Waals surface area contributed by atoms with Gasteiger partial charge in [0.05, 0.1) is 6.42 Å². The average molecular weight is 487 g/mol. The molecule has 7 nitrogen and oxygen atoms in total. The Morgan fingerprint density at radius 2 is 1.72 bits per heavy atom. The monoisotopic (exact) mass is 486 g/mol. The van der Waals surface area contributed by atoms with Crippen LogP contribution in [0, 0.1) is 6.92 Å². The standard InChI is InChI=1S/C29H34N4O3/c1-20-17-24(11-14-30-20)22-7-5-21(6-8-22)18-27(34)32-26-10-9-25(19-31-26)23-12-15-33(16-13-23)28(35)36-29(2,3)4/h5-11,14,17,19,23H,12-13,15-16,18H2,1-4H3,(H,31,32,34). The number of anilines is 1. The third-order valence-corrected chi connectivity index (χ3v) is 6.22. The first kappa shape index (κ1) is 25.4. The van der Waals surface area contributed by atoms with E-state index in [-0.39, 0.29) is 18.4 Å². The highest BCUT2D eigenvalue weighted by molar-refractivity contribution is 5.91. The van der Waals surface area contributed by atoms with Crippen LogP contribution in [0.4, 0.5) is 10.6 Å². The molecule has 2 aromatic heterocycles. The number of amides is 2. The highest BCUT2D eigenvalue weighted by Crippen LogP contribution is 2.29. The number of aryl methyl sites for hydroxylation is 1. The van der Waals surface area contributed by atoms with Crippen LogP contribution >= 0.6 is 0 Å². The molecule has 36 heavy (non-hydrogen) atoms. The molecule has 0 saturated carbocycles. The number of rotatable bonds is 5. The summed E-state index contributed by atoms with van der Waals surface area (Å²) in [5, 5.41) is 2.89. The van der Waals surface area contributed by atoms with Crippen LogP contribution in [0.1, 0.15) is 56.4 Å². The lowest BCUT2D eigenvalue weighted by Gasteiger charge is -2.33. The minimum atomic E-state index is -0.485. The number of benzene rings is 1. The number of hydrogen-bond donors (Lipinski definition) is 1. The molecule has 4 rings (SSSR count). The molecule has 1 N–H and O–H groups in total. The molecule has 0 unspecified atom stereocenters. The van der Waals surface area contributed by atoms with Crippen LogP contribution in [0.2, 0.25) is 0 Å². The van der Waals surface area contributed by atoms with Gasteiger partial charge < -0.3 is 15.0 Å². The number of carbonyl (C=O) groups excluding carboxylic acids is 2. The highest BCUT2D eigenvalue weighted by atomic mass is 16.6. The minimum absolute atomic E-state index is 0.103. The minimum Gasteiger partial charge on any atom is -0.444 e. The summed E-state index contributed by atoms with van der Waals surface area (Å²) >= 11 is 0. The van der Waals surface area contributed by atoms with Crippen molar-refractivity contribution in [2.24, 2.45) is 0 Å². The first-order chi connectivity index (χ1) is 17.2. The van der Waals surface area contributed by atoms with Crippen molar-refractivity contribution >= 4 is 17.8 Å². The summed E-state index contributed by atoms with van der Waals surface area (Å²) in [6.45, 7) is 8.94. The van der Waals surface area contributed by atoms with E-state index in [4.69, 9.17) is 4.74 Å². The van der Waals surface area contributed by atoms with Gasteiger partial charge in [-0.05, 0) is 86.9 Å². The fourth-order valence-corrected chi connectivity index (χ4v) is 4.36. The Morgan fingerprint density at radius 3 is 2.33 bits per heavy atom. The van der Waals surface area contributed by atoms with Gasteiger partial charge in [0.1, 0.15) is 11.4 Å². The lowest BCUT2D eigenvalue weighted by atomic mass is 9.90. The van der Waals surface area contributed by atoms with E-state index in [0.29, 0.717) is 24.8 Å². The topological polar surface area (TPSA) is 84.4 Å². The zero-order valence-electron chi connectivity index (χ0n) is 21.5. The molecule has 1 saturated heterocycles. The molecule has 3 aromatic rings. The largest absolute Gasteiger partial charge is 0.444 e. The number of likely N-dealkylation sites (tertiary alicyclic amines) is 1. The van der Waals surface area contributed by atoms with Gasteiger partial charge in [0.15, 0.2) is 0 Å². The fourth-order valence-electron chi connectivity index (χ4n) is 4.36. The fraction of sp³-hybridized carbons (Fsp3) is 0.379. The second-order valence-electron chi connectivity index (χ2n) is 10.3. The summed E-state index contributed by atoms with van der Waals surface area (Å²) in [5.74, 6) is 0.774. The molecule has 0 spiro atoms. The van der Waals surface area contributed by atoms with Gasteiger partial charge in [-0.1, -0.05) is 30.3 Å². The maximum atomic E-state index is 12.6. The summed E-state index contributed by atoms with van der Waals surface area (Å²) in [6.07, 6.45) is 5.39. The Balaban J connectivity index is 1.27. The second kappa shape index (κ2) is 10.9. The van der Waals surface area contributed by atoms with Gasteiger partial charge in [0, 0.05) is 31.2 Å². The molecule has 1 fully saturated rings. The quantitative estimate of drug-likeness (QED) is 0.497. The normalized spacial score (nSPS) is 14.4. The predicted octanol–water partition coefficient (Wildman–Crippen LogP) is 5.75. The van der Waals surface area contributed by atoms with Gasteiger partial charge in [-0.15, -0.1) is 0 Å². The number of nitrogens with zero attached hydrogens (tertiary/aromatic N) is 3. The van der Waals surface area contributed by atoms with Crippen LogP contribution < -0.4 is 5.32 Å². The lowest BCUT2D eigenvalue weighted by Crippen LogP contribution is -2.41. The molecule has 0 aliphatic carbocycles. The predicted molar refractivity (Wildman–Crippen MR) is 141 cm³/mol. The number of hydrogen-bond acceptors (Lipinski definition) is 5. The summed E-state index contributed by atoms with van der Waals surface area (Å²) in [6, 6.07) is 15.9. The van der Waals surface area contributed by atoms with Crippen LogP contribution in [0.15, 0.2) is 60.9 Å². The molecule has 3 heterocycles. The number of carbonyl (C=O) groups is 2. The Morgan fingerprint density at radius 1 is 1.00 bits per heavy atom. The number of ether oxygens (including phenoxy) is 1. The average Bonchev–Trinajstić information content (AvgIpc) is 2.84. The molecule has 2 amide bonds. The molecule has 0 atom stereocenters. The zero-order chi connectivity index (χ0) is 25.7. The van der Waals surface area contributed by atoms with Gasteiger partial charge in [0.2, 0.25) is 5.91 Å². The molecule has 0 bridgehead atoms. The molecular weight excluding hydrogens is 452 g/mol. The maximum absolute atomic E-state index is 12.6. The number of piperidine rings is 1. The van der Waals surface area contributed by atoms with Crippen LogP contribution in [0.3, 0.4) is 0 Å². The van der Waals surface area contributed by atoms with E-state index in [1.54, 1.807) is 11.1 Å². The van der Waals surface area contributed by atoms with Crippen molar-refractivity contribution in [3.05, 3.63) is 77.7 Å². The van der Waals surface area contributed by atoms with E-state index in [2.05, 4.69) is 15.3 Å².